The zero-order chi connectivity index (χ0) is 24.9. The third-order valence-electron chi connectivity index (χ3n) is 7.15. The number of piperidine rings is 1. The van der Waals surface area contributed by atoms with Gasteiger partial charge in [-0.1, -0.05) is 36.4 Å². The minimum absolute atomic E-state index is 0.145. The maximum absolute atomic E-state index is 13.8. The van der Waals surface area contributed by atoms with Gasteiger partial charge in [0.2, 0.25) is 0 Å². The molecule has 0 aliphatic carbocycles. The summed E-state index contributed by atoms with van der Waals surface area (Å²) in [6.07, 6.45) is 4.46. The SMILES string of the molecule is CN(C)CCO.Cc1cccc2cccc(CN3CCC(c4cn(C)c5ccc(F)cc45)CC3)c12. The summed E-state index contributed by atoms with van der Waals surface area (Å²) in [5.74, 6) is 0.361. The number of hydrogen-bond acceptors (Lipinski definition) is 3. The molecule has 5 rings (SSSR count). The molecule has 1 aromatic heterocycles. The molecule has 0 saturated carbocycles. The van der Waals surface area contributed by atoms with Crippen LogP contribution in [0.4, 0.5) is 4.39 Å². The standard InChI is InChI=1S/C26H27FN2.C4H11NO/c1-18-5-3-6-20-7-4-8-21(26(18)20)16-29-13-11-19(12-14-29)24-17-28(2)25-10-9-22(27)15-23(24)25;1-5(2)3-4-6/h3-10,15,17,19H,11-14,16H2,1-2H3;6H,3-4H2,1-2H3. The number of fused-ring (bicyclic) bond motifs is 2. The van der Waals surface area contributed by atoms with Gasteiger partial charge in [-0.25, -0.2) is 4.39 Å². The number of hydrogen-bond donors (Lipinski definition) is 1. The van der Waals surface area contributed by atoms with E-state index >= 15 is 0 Å². The van der Waals surface area contributed by atoms with Crippen molar-refractivity contribution in [2.24, 2.45) is 7.05 Å². The summed E-state index contributed by atoms with van der Waals surface area (Å²) in [6.45, 7) is 6.39. The van der Waals surface area contributed by atoms with E-state index in [2.05, 4.69) is 66.0 Å². The van der Waals surface area contributed by atoms with Crippen molar-refractivity contribution in [2.45, 2.75) is 32.2 Å². The summed E-state index contributed by atoms with van der Waals surface area (Å²) >= 11 is 0. The molecule has 1 fully saturated rings. The molecule has 0 spiro atoms. The Bertz CT molecular complexity index is 1270. The van der Waals surface area contributed by atoms with Gasteiger partial charge in [-0.2, -0.15) is 0 Å². The number of aliphatic hydroxyl groups excluding tert-OH is 1. The van der Waals surface area contributed by atoms with Crippen LogP contribution < -0.4 is 0 Å². The van der Waals surface area contributed by atoms with E-state index in [1.165, 1.54) is 27.5 Å². The number of aromatic nitrogens is 1. The summed E-state index contributed by atoms with van der Waals surface area (Å²) in [5, 5.41) is 12.0. The zero-order valence-corrected chi connectivity index (χ0v) is 21.5. The number of nitrogens with zero attached hydrogens (tertiary/aromatic N) is 3. The van der Waals surface area contributed by atoms with Crippen LogP contribution in [0.5, 0.6) is 0 Å². The Morgan fingerprint density at radius 2 is 1.74 bits per heavy atom. The fraction of sp³-hybridized carbons (Fsp3) is 0.400. The number of halogens is 1. The number of likely N-dealkylation sites (N-methyl/N-ethyl adjacent to an activating group) is 1. The van der Waals surface area contributed by atoms with Crippen LogP contribution in [-0.4, -0.2) is 59.8 Å². The number of likely N-dealkylation sites (tertiary alicyclic amines) is 1. The second-order valence-electron chi connectivity index (χ2n) is 10.0. The van der Waals surface area contributed by atoms with Crippen molar-refractivity contribution in [3.8, 4) is 0 Å². The van der Waals surface area contributed by atoms with E-state index in [4.69, 9.17) is 5.11 Å². The lowest BCUT2D eigenvalue weighted by Crippen LogP contribution is -2.32. The number of aliphatic hydroxyl groups is 1. The Balaban J connectivity index is 0.000000431. The van der Waals surface area contributed by atoms with E-state index in [-0.39, 0.29) is 12.4 Å². The first kappa shape index (κ1) is 25.4. The zero-order valence-electron chi connectivity index (χ0n) is 21.5. The Hall–Kier alpha value is -2.73. The third kappa shape index (κ3) is 5.92. The van der Waals surface area contributed by atoms with Crippen molar-refractivity contribution in [1.82, 2.24) is 14.4 Å². The Morgan fingerprint density at radius 3 is 2.40 bits per heavy atom. The molecule has 1 aliphatic heterocycles. The van der Waals surface area contributed by atoms with Gasteiger partial charge in [-0.3, -0.25) is 4.90 Å². The van der Waals surface area contributed by atoms with E-state index in [1.807, 2.05) is 25.1 Å². The highest BCUT2D eigenvalue weighted by Gasteiger charge is 2.24. The van der Waals surface area contributed by atoms with Crippen LogP contribution in [-0.2, 0) is 13.6 Å². The van der Waals surface area contributed by atoms with Crippen LogP contribution in [0.15, 0.2) is 60.8 Å². The largest absolute Gasteiger partial charge is 0.395 e. The molecular formula is C30H38FN3O. The van der Waals surface area contributed by atoms with Crippen molar-refractivity contribution in [3.05, 3.63) is 83.3 Å². The summed E-state index contributed by atoms with van der Waals surface area (Å²) < 4.78 is 16.0. The van der Waals surface area contributed by atoms with Crippen LogP contribution in [0.1, 0.15) is 35.4 Å². The molecule has 0 atom stereocenters. The molecule has 1 aliphatic rings. The Kier molecular flexibility index (Phi) is 8.22. The second-order valence-corrected chi connectivity index (χ2v) is 10.0. The lowest BCUT2D eigenvalue weighted by Gasteiger charge is -2.32. The normalized spacial score (nSPS) is 15.1. The molecule has 1 saturated heterocycles. The predicted octanol–water partition coefficient (Wildman–Crippen LogP) is 5.70. The van der Waals surface area contributed by atoms with Gasteiger partial charge in [0.1, 0.15) is 5.82 Å². The minimum Gasteiger partial charge on any atom is -0.395 e. The highest BCUT2D eigenvalue weighted by molar-refractivity contribution is 5.88. The molecule has 1 N–H and O–H groups in total. The molecule has 5 heteroatoms. The van der Waals surface area contributed by atoms with Gasteiger partial charge < -0.3 is 14.6 Å². The van der Waals surface area contributed by atoms with E-state index in [0.29, 0.717) is 5.92 Å². The highest BCUT2D eigenvalue weighted by Crippen LogP contribution is 2.35. The molecule has 186 valence electrons. The summed E-state index contributed by atoms with van der Waals surface area (Å²) in [7, 11) is 5.91. The van der Waals surface area contributed by atoms with Gasteiger partial charge in [-0.15, -0.1) is 0 Å². The highest BCUT2D eigenvalue weighted by atomic mass is 19.1. The fourth-order valence-corrected chi connectivity index (χ4v) is 5.31. The summed E-state index contributed by atoms with van der Waals surface area (Å²) in [5.41, 5.74) is 5.20. The van der Waals surface area contributed by atoms with Crippen molar-refractivity contribution >= 4 is 21.7 Å². The van der Waals surface area contributed by atoms with Crippen LogP contribution in [0.3, 0.4) is 0 Å². The van der Waals surface area contributed by atoms with Crippen molar-refractivity contribution < 1.29 is 9.50 Å². The molecule has 4 aromatic rings. The quantitative estimate of drug-likeness (QED) is 0.402. The molecule has 35 heavy (non-hydrogen) atoms. The molecule has 0 unspecified atom stereocenters. The minimum atomic E-state index is -0.145. The second kappa shape index (κ2) is 11.3. The first-order chi connectivity index (χ1) is 16.9. The van der Waals surface area contributed by atoms with Gasteiger partial charge >= 0.3 is 0 Å². The summed E-state index contributed by atoms with van der Waals surface area (Å²) in [6, 6.07) is 18.4. The average Bonchev–Trinajstić information content (AvgIpc) is 3.15. The van der Waals surface area contributed by atoms with E-state index in [1.54, 1.807) is 12.1 Å². The monoisotopic (exact) mass is 475 g/mol. The van der Waals surface area contributed by atoms with Gasteiger partial charge in [0.15, 0.2) is 0 Å². The molecule has 0 radical (unpaired) electrons. The van der Waals surface area contributed by atoms with Crippen LogP contribution in [0, 0.1) is 12.7 Å². The van der Waals surface area contributed by atoms with E-state index in [0.717, 1.165) is 49.9 Å². The maximum atomic E-state index is 13.8. The average molecular weight is 476 g/mol. The van der Waals surface area contributed by atoms with Gasteiger partial charge in [0.25, 0.3) is 0 Å². The van der Waals surface area contributed by atoms with E-state index in [9.17, 15) is 4.39 Å². The number of aryl methyl sites for hydroxylation is 2. The smallest absolute Gasteiger partial charge is 0.123 e. The van der Waals surface area contributed by atoms with Gasteiger partial charge in [0.05, 0.1) is 6.61 Å². The maximum Gasteiger partial charge on any atom is 0.123 e. The van der Waals surface area contributed by atoms with Gasteiger partial charge in [-0.05, 0) is 98.5 Å². The molecular weight excluding hydrogens is 437 g/mol. The molecule has 4 nitrogen and oxygen atoms in total. The first-order valence-electron chi connectivity index (χ1n) is 12.6. The Morgan fingerprint density at radius 1 is 1.03 bits per heavy atom. The summed E-state index contributed by atoms with van der Waals surface area (Å²) in [4.78, 5) is 4.50. The number of benzene rings is 3. The lowest BCUT2D eigenvalue weighted by atomic mass is 9.89. The molecule has 2 heterocycles. The van der Waals surface area contributed by atoms with Crippen LogP contribution in [0.25, 0.3) is 21.7 Å². The van der Waals surface area contributed by atoms with Gasteiger partial charge in [0, 0.05) is 37.2 Å². The van der Waals surface area contributed by atoms with Crippen LogP contribution >= 0.6 is 0 Å². The fourth-order valence-electron chi connectivity index (χ4n) is 5.31. The molecule has 0 amide bonds. The number of rotatable bonds is 5. The van der Waals surface area contributed by atoms with Crippen molar-refractivity contribution in [1.29, 1.82) is 0 Å². The Labute approximate surface area is 208 Å². The van der Waals surface area contributed by atoms with Crippen molar-refractivity contribution in [2.75, 3.05) is 40.3 Å². The van der Waals surface area contributed by atoms with Crippen molar-refractivity contribution in [3.63, 3.8) is 0 Å². The lowest BCUT2D eigenvalue weighted by molar-refractivity contribution is 0.205. The van der Waals surface area contributed by atoms with E-state index < -0.39 is 0 Å². The topological polar surface area (TPSA) is 31.6 Å². The van der Waals surface area contributed by atoms with Crippen LogP contribution in [0.2, 0.25) is 0 Å². The molecule has 0 bridgehead atoms. The predicted molar refractivity (Wildman–Crippen MR) is 144 cm³/mol. The molecule has 3 aromatic carbocycles. The first-order valence-corrected chi connectivity index (χ1v) is 12.6. The third-order valence-corrected chi connectivity index (χ3v) is 7.15.